The summed E-state index contributed by atoms with van der Waals surface area (Å²) >= 11 is 1.47. The van der Waals surface area contributed by atoms with E-state index in [1.165, 1.54) is 23.5 Å². The SMILES string of the molecule is Cc1nc(-c2ccc(C(F)(F)F)cc2)sc1CNc1ccc([C@@H]2C[C@H]2C(=O)N[C@@H](C)c2ccccc2)cc1. The Hall–Kier alpha value is -3.65. The van der Waals surface area contributed by atoms with Crippen molar-refractivity contribution in [3.8, 4) is 10.6 Å². The molecule has 196 valence electrons. The van der Waals surface area contributed by atoms with E-state index < -0.39 is 11.7 Å². The maximum atomic E-state index is 12.8. The molecule has 1 amide bonds. The molecule has 1 aliphatic rings. The quantitative estimate of drug-likeness (QED) is 0.243. The molecular weight excluding hydrogens is 507 g/mol. The first-order valence-corrected chi connectivity index (χ1v) is 13.3. The number of halogens is 3. The van der Waals surface area contributed by atoms with Crippen molar-refractivity contribution >= 4 is 22.9 Å². The molecule has 0 aliphatic heterocycles. The minimum absolute atomic E-state index is 0.00318. The minimum atomic E-state index is -4.35. The van der Waals surface area contributed by atoms with Gasteiger partial charge < -0.3 is 10.6 Å². The molecule has 1 aromatic heterocycles. The van der Waals surface area contributed by atoms with Gasteiger partial charge in [0.1, 0.15) is 5.01 Å². The smallest absolute Gasteiger partial charge is 0.380 e. The number of hydrogen-bond acceptors (Lipinski definition) is 4. The molecule has 1 saturated carbocycles. The second-order valence-electron chi connectivity index (χ2n) is 9.67. The number of hydrogen-bond donors (Lipinski definition) is 2. The number of anilines is 1. The van der Waals surface area contributed by atoms with E-state index in [2.05, 4.69) is 27.8 Å². The van der Waals surface area contributed by atoms with Gasteiger partial charge in [-0.1, -0.05) is 54.6 Å². The summed E-state index contributed by atoms with van der Waals surface area (Å²) in [5, 5.41) is 7.23. The van der Waals surface area contributed by atoms with Gasteiger partial charge in [-0.3, -0.25) is 4.79 Å². The first-order valence-electron chi connectivity index (χ1n) is 12.5. The third-order valence-electron chi connectivity index (χ3n) is 6.93. The summed E-state index contributed by atoms with van der Waals surface area (Å²) in [5.41, 5.74) is 4.06. The zero-order valence-electron chi connectivity index (χ0n) is 21.0. The number of thiazole rings is 1. The number of aryl methyl sites for hydroxylation is 1. The standard InChI is InChI=1S/C30H28F3N3OS/c1-18(20-6-4-3-5-7-20)35-28(37)26-16-25(26)21-10-14-24(15-11-21)34-17-27-19(2)36-29(38-27)22-8-12-23(13-9-22)30(31,32)33/h3-15,18,25-26,34H,16-17H2,1-2H3,(H,35,37)/t18-,25-,26+/m0/s1. The van der Waals surface area contributed by atoms with Crippen LogP contribution in [0.15, 0.2) is 78.9 Å². The third kappa shape index (κ3) is 5.91. The number of aromatic nitrogens is 1. The molecule has 2 N–H and O–H groups in total. The van der Waals surface area contributed by atoms with Gasteiger partial charge in [0.2, 0.25) is 5.91 Å². The summed E-state index contributed by atoms with van der Waals surface area (Å²) in [6.07, 6.45) is -3.50. The monoisotopic (exact) mass is 535 g/mol. The Morgan fingerprint density at radius 3 is 2.37 bits per heavy atom. The lowest BCUT2D eigenvalue weighted by Crippen LogP contribution is -2.28. The number of carbonyl (C=O) groups is 1. The van der Waals surface area contributed by atoms with Crippen LogP contribution >= 0.6 is 11.3 Å². The van der Waals surface area contributed by atoms with Crippen LogP contribution in [0.25, 0.3) is 10.6 Å². The van der Waals surface area contributed by atoms with Crippen molar-refractivity contribution in [2.24, 2.45) is 5.92 Å². The lowest BCUT2D eigenvalue weighted by atomic mass is 10.1. The molecule has 1 fully saturated rings. The average molecular weight is 536 g/mol. The van der Waals surface area contributed by atoms with Gasteiger partial charge in [-0.2, -0.15) is 13.2 Å². The Labute approximate surface area is 223 Å². The van der Waals surface area contributed by atoms with Crippen molar-refractivity contribution in [2.75, 3.05) is 5.32 Å². The molecule has 8 heteroatoms. The molecule has 3 atom stereocenters. The topological polar surface area (TPSA) is 54.0 Å². The van der Waals surface area contributed by atoms with E-state index in [-0.39, 0.29) is 23.8 Å². The predicted molar refractivity (Wildman–Crippen MR) is 145 cm³/mol. The molecule has 5 rings (SSSR count). The van der Waals surface area contributed by atoms with E-state index >= 15 is 0 Å². The number of carbonyl (C=O) groups excluding carboxylic acids is 1. The molecule has 4 aromatic rings. The molecular formula is C30H28F3N3OS. The van der Waals surface area contributed by atoms with Crippen LogP contribution in [0, 0.1) is 12.8 Å². The van der Waals surface area contributed by atoms with Gasteiger partial charge in [0.05, 0.1) is 23.8 Å². The van der Waals surface area contributed by atoms with Crippen molar-refractivity contribution in [3.05, 3.63) is 106 Å². The van der Waals surface area contributed by atoms with Crippen molar-refractivity contribution < 1.29 is 18.0 Å². The normalized spacial score (nSPS) is 17.6. The van der Waals surface area contributed by atoms with Crippen LogP contribution in [0.3, 0.4) is 0 Å². The minimum Gasteiger partial charge on any atom is -0.380 e. The maximum Gasteiger partial charge on any atom is 0.416 e. The molecule has 1 heterocycles. The van der Waals surface area contributed by atoms with Crippen molar-refractivity contribution in [1.82, 2.24) is 10.3 Å². The summed E-state index contributed by atoms with van der Waals surface area (Å²) in [4.78, 5) is 18.3. The first kappa shape index (κ1) is 26.0. The van der Waals surface area contributed by atoms with Gasteiger partial charge in [-0.05, 0) is 61.6 Å². The predicted octanol–water partition coefficient (Wildman–Crippen LogP) is 7.73. The molecule has 0 spiro atoms. The van der Waals surface area contributed by atoms with Gasteiger partial charge in [0.25, 0.3) is 0 Å². The van der Waals surface area contributed by atoms with Crippen LogP contribution in [-0.4, -0.2) is 10.9 Å². The van der Waals surface area contributed by atoms with E-state index in [9.17, 15) is 18.0 Å². The summed E-state index contributed by atoms with van der Waals surface area (Å²) in [6, 6.07) is 23.2. The Kier molecular flexibility index (Phi) is 7.25. The zero-order chi connectivity index (χ0) is 26.9. The van der Waals surface area contributed by atoms with E-state index in [1.54, 1.807) is 0 Å². The van der Waals surface area contributed by atoms with Crippen molar-refractivity contribution in [1.29, 1.82) is 0 Å². The van der Waals surface area contributed by atoms with E-state index in [4.69, 9.17) is 0 Å². The van der Waals surface area contributed by atoms with Gasteiger partial charge in [-0.25, -0.2) is 4.98 Å². The van der Waals surface area contributed by atoms with Crippen LogP contribution in [0.1, 0.15) is 52.6 Å². The molecule has 3 aromatic carbocycles. The lowest BCUT2D eigenvalue weighted by molar-refractivity contribution is -0.137. The number of alkyl halides is 3. The molecule has 0 saturated heterocycles. The summed E-state index contributed by atoms with van der Waals surface area (Å²) in [7, 11) is 0. The van der Waals surface area contributed by atoms with E-state index in [0.29, 0.717) is 17.1 Å². The van der Waals surface area contributed by atoms with Crippen LogP contribution in [0.2, 0.25) is 0 Å². The number of nitrogens with zero attached hydrogens (tertiary/aromatic N) is 1. The summed E-state index contributed by atoms with van der Waals surface area (Å²) in [6.45, 7) is 4.47. The first-order chi connectivity index (χ1) is 18.2. The zero-order valence-corrected chi connectivity index (χ0v) is 21.9. The number of amides is 1. The number of benzene rings is 3. The van der Waals surface area contributed by atoms with Crippen LogP contribution in [0.5, 0.6) is 0 Å². The second kappa shape index (κ2) is 10.6. The molecule has 1 aliphatic carbocycles. The second-order valence-corrected chi connectivity index (χ2v) is 10.8. The van der Waals surface area contributed by atoms with Crippen LogP contribution in [-0.2, 0) is 17.5 Å². The van der Waals surface area contributed by atoms with Gasteiger partial charge in [0, 0.05) is 22.0 Å². The summed E-state index contributed by atoms with van der Waals surface area (Å²) < 4.78 is 38.5. The number of rotatable bonds is 8. The Morgan fingerprint density at radius 2 is 1.71 bits per heavy atom. The van der Waals surface area contributed by atoms with E-state index in [1.807, 2.05) is 56.3 Å². The fourth-order valence-electron chi connectivity index (χ4n) is 4.55. The maximum absolute atomic E-state index is 12.8. The number of nitrogens with one attached hydrogen (secondary N) is 2. The van der Waals surface area contributed by atoms with E-state index in [0.717, 1.165) is 45.9 Å². The highest BCUT2D eigenvalue weighted by molar-refractivity contribution is 7.15. The van der Waals surface area contributed by atoms with Gasteiger partial charge >= 0.3 is 6.18 Å². The molecule has 0 bridgehead atoms. The van der Waals surface area contributed by atoms with Crippen molar-refractivity contribution in [3.63, 3.8) is 0 Å². The summed E-state index contributed by atoms with van der Waals surface area (Å²) in [5.74, 6) is 0.337. The molecule has 38 heavy (non-hydrogen) atoms. The highest BCUT2D eigenvalue weighted by atomic mass is 32.1. The molecule has 4 nitrogen and oxygen atoms in total. The fraction of sp³-hybridized carbons (Fsp3) is 0.267. The van der Waals surface area contributed by atoms with Gasteiger partial charge in [-0.15, -0.1) is 11.3 Å². The highest BCUT2D eigenvalue weighted by Crippen LogP contribution is 2.48. The Morgan fingerprint density at radius 1 is 1.03 bits per heavy atom. The molecule has 0 unspecified atom stereocenters. The fourth-order valence-corrected chi connectivity index (χ4v) is 5.55. The lowest BCUT2D eigenvalue weighted by Gasteiger charge is -2.14. The average Bonchev–Trinajstić information content (AvgIpc) is 3.63. The Bertz CT molecular complexity index is 1400. The molecule has 0 radical (unpaired) electrons. The largest absolute Gasteiger partial charge is 0.416 e. The van der Waals surface area contributed by atoms with Gasteiger partial charge in [0.15, 0.2) is 0 Å². The third-order valence-corrected chi connectivity index (χ3v) is 8.14. The highest BCUT2D eigenvalue weighted by Gasteiger charge is 2.44. The van der Waals surface area contributed by atoms with Crippen LogP contribution < -0.4 is 10.6 Å². The van der Waals surface area contributed by atoms with Crippen molar-refractivity contribution in [2.45, 2.75) is 44.9 Å². The Balaban J connectivity index is 1.15. The van der Waals surface area contributed by atoms with Crippen LogP contribution in [0.4, 0.5) is 18.9 Å².